The number of hydrogen-bond acceptors (Lipinski definition) is 2. The smallest absolute Gasteiger partial charge is 0.159 e. The maximum Gasteiger partial charge on any atom is 0.159 e. The Morgan fingerprint density at radius 2 is 2.09 bits per heavy atom. The number of rotatable bonds is 8. The molecule has 0 aromatic carbocycles. The van der Waals surface area contributed by atoms with Crippen LogP contribution in [0.5, 0.6) is 0 Å². The first-order valence-electron chi connectivity index (χ1n) is 8.45. The predicted octanol–water partition coefficient (Wildman–Crippen LogP) is 4.85. The molecule has 2 heteroatoms. The Kier molecular flexibility index (Phi) is 6.80. The van der Waals surface area contributed by atoms with E-state index in [1.165, 1.54) is 5.57 Å². The number of carbonyl (C=O) groups is 1. The van der Waals surface area contributed by atoms with Gasteiger partial charge in [0.1, 0.15) is 0 Å². The van der Waals surface area contributed by atoms with Crippen LogP contribution < -0.4 is 0 Å². The number of Topliss-reactive ketones (excluding diaryl/α,β-unsaturated/α-hetero) is 1. The van der Waals surface area contributed by atoms with Crippen LogP contribution in [0.2, 0.25) is 0 Å². The Bertz CT molecular complexity index is 472. The fourth-order valence-corrected chi connectivity index (χ4v) is 3.49. The minimum absolute atomic E-state index is 0.146. The highest BCUT2D eigenvalue weighted by atomic mass is 16.3. The van der Waals surface area contributed by atoms with Gasteiger partial charge in [0.25, 0.3) is 0 Å². The fourth-order valence-electron chi connectivity index (χ4n) is 3.49. The lowest BCUT2D eigenvalue weighted by Gasteiger charge is -2.35. The molecule has 0 saturated heterocycles. The zero-order chi connectivity index (χ0) is 16.9. The zero-order valence-corrected chi connectivity index (χ0v) is 14.7. The summed E-state index contributed by atoms with van der Waals surface area (Å²) in [5.74, 6) is 0.914. The van der Waals surface area contributed by atoms with E-state index in [0.29, 0.717) is 18.8 Å². The summed E-state index contributed by atoms with van der Waals surface area (Å²) < 4.78 is 0. The van der Waals surface area contributed by atoms with E-state index >= 15 is 0 Å². The molecule has 3 atom stereocenters. The molecule has 1 aliphatic rings. The highest BCUT2D eigenvalue weighted by molar-refractivity contribution is 5.97. The van der Waals surface area contributed by atoms with Gasteiger partial charge in [0.05, 0.1) is 0 Å². The quantitative estimate of drug-likeness (QED) is 0.651. The van der Waals surface area contributed by atoms with Gasteiger partial charge in [0.2, 0.25) is 0 Å². The molecule has 22 heavy (non-hydrogen) atoms. The third-order valence-electron chi connectivity index (χ3n) is 5.32. The molecule has 0 fully saturated rings. The molecular formula is C20H32O2. The standard InChI is InChI=1S/C20H32O2/c1-7-18(22)19-16(5)14(3)9-10-17(19)15(4)13-20(6,8-2)11-12-21/h8,14,17,21H,2,4,7,9-13H2,1,3,5-6H3/t14?,17?,20-/m0/s1. The highest BCUT2D eigenvalue weighted by Crippen LogP contribution is 2.42. The molecule has 124 valence electrons. The van der Waals surface area contributed by atoms with E-state index in [2.05, 4.69) is 33.9 Å². The number of allylic oxidation sites excluding steroid dienone is 4. The van der Waals surface area contributed by atoms with Crippen molar-refractivity contribution in [2.45, 2.75) is 59.8 Å². The van der Waals surface area contributed by atoms with E-state index in [4.69, 9.17) is 0 Å². The number of hydrogen-bond donors (Lipinski definition) is 1. The molecule has 0 spiro atoms. The molecule has 0 aromatic rings. The summed E-state index contributed by atoms with van der Waals surface area (Å²) in [4.78, 5) is 12.4. The highest BCUT2D eigenvalue weighted by Gasteiger charge is 2.32. The van der Waals surface area contributed by atoms with Gasteiger partial charge in [-0.2, -0.15) is 0 Å². The topological polar surface area (TPSA) is 37.3 Å². The summed E-state index contributed by atoms with van der Waals surface area (Å²) in [7, 11) is 0. The molecule has 1 aliphatic carbocycles. The molecule has 1 rings (SSSR count). The van der Waals surface area contributed by atoms with Crippen molar-refractivity contribution in [2.75, 3.05) is 6.61 Å². The number of carbonyl (C=O) groups excluding carboxylic acids is 1. The van der Waals surface area contributed by atoms with E-state index in [1.54, 1.807) is 0 Å². The van der Waals surface area contributed by atoms with E-state index in [9.17, 15) is 9.90 Å². The molecule has 0 aliphatic heterocycles. The minimum atomic E-state index is -0.150. The van der Waals surface area contributed by atoms with Crippen molar-refractivity contribution >= 4 is 5.78 Å². The molecule has 0 radical (unpaired) electrons. The van der Waals surface area contributed by atoms with E-state index in [0.717, 1.165) is 30.4 Å². The van der Waals surface area contributed by atoms with Gasteiger partial charge in [-0.1, -0.05) is 44.6 Å². The molecule has 2 unspecified atom stereocenters. The predicted molar refractivity (Wildman–Crippen MR) is 93.6 cm³/mol. The second kappa shape index (κ2) is 7.92. The normalized spacial score (nSPS) is 24.8. The Morgan fingerprint density at radius 1 is 1.45 bits per heavy atom. The van der Waals surface area contributed by atoms with Gasteiger partial charge >= 0.3 is 0 Å². The average Bonchev–Trinajstić information content (AvgIpc) is 2.49. The van der Waals surface area contributed by atoms with Crippen LogP contribution in [0.25, 0.3) is 0 Å². The molecule has 0 aromatic heterocycles. The summed E-state index contributed by atoms with van der Waals surface area (Å²) in [6.07, 6.45) is 6.05. The van der Waals surface area contributed by atoms with Crippen LogP contribution in [-0.2, 0) is 4.79 Å². The van der Waals surface area contributed by atoms with Crippen molar-refractivity contribution in [1.82, 2.24) is 0 Å². The Hall–Kier alpha value is -1.15. The van der Waals surface area contributed by atoms with Gasteiger partial charge in [0, 0.05) is 24.5 Å². The molecule has 0 heterocycles. The maximum atomic E-state index is 12.4. The van der Waals surface area contributed by atoms with Crippen molar-refractivity contribution < 1.29 is 9.90 Å². The van der Waals surface area contributed by atoms with Gasteiger partial charge in [-0.15, -0.1) is 6.58 Å². The third kappa shape index (κ3) is 4.19. The van der Waals surface area contributed by atoms with Crippen LogP contribution in [0.4, 0.5) is 0 Å². The lowest BCUT2D eigenvalue weighted by molar-refractivity contribution is -0.115. The average molecular weight is 304 g/mol. The van der Waals surface area contributed by atoms with Crippen molar-refractivity contribution in [3.05, 3.63) is 36.0 Å². The van der Waals surface area contributed by atoms with Crippen molar-refractivity contribution in [3.63, 3.8) is 0 Å². The first-order chi connectivity index (χ1) is 10.3. The number of aliphatic hydroxyl groups is 1. The van der Waals surface area contributed by atoms with Crippen molar-refractivity contribution in [2.24, 2.45) is 17.3 Å². The summed E-state index contributed by atoms with van der Waals surface area (Å²) >= 11 is 0. The lowest BCUT2D eigenvalue weighted by atomic mass is 9.69. The second-order valence-corrected chi connectivity index (χ2v) is 7.07. The first-order valence-corrected chi connectivity index (χ1v) is 8.45. The van der Waals surface area contributed by atoms with Gasteiger partial charge in [0.15, 0.2) is 5.78 Å². The maximum absolute atomic E-state index is 12.4. The summed E-state index contributed by atoms with van der Waals surface area (Å²) in [5, 5.41) is 9.27. The van der Waals surface area contributed by atoms with Crippen LogP contribution in [0, 0.1) is 17.3 Å². The zero-order valence-electron chi connectivity index (χ0n) is 14.7. The van der Waals surface area contributed by atoms with E-state index < -0.39 is 0 Å². The Balaban J connectivity index is 3.05. The summed E-state index contributed by atoms with van der Waals surface area (Å²) in [5.41, 5.74) is 3.20. The summed E-state index contributed by atoms with van der Waals surface area (Å²) in [6.45, 7) is 16.7. The van der Waals surface area contributed by atoms with Crippen LogP contribution in [0.15, 0.2) is 36.0 Å². The molecule has 2 nitrogen and oxygen atoms in total. The SMILES string of the molecule is C=C[C@@](C)(CCO)CC(=C)C1CCC(C)C(C)=C1C(=O)CC. The number of ketones is 1. The van der Waals surface area contributed by atoms with Crippen LogP contribution in [-0.4, -0.2) is 17.5 Å². The molecule has 1 N–H and O–H groups in total. The number of aliphatic hydroxyl groups excluding tert-OH is 1. The Morgan fingerprint density at radius 3 is 2.59 bits per heavy atom. The van der Waals surface area contributed by atoms with Crippen LogP contribution in [0.1, 0.15) is 59.8 Å². The summed E-state index contributed by atoms with van der Waals surface area (Å²) in [6, 6.07) is 0. The second-order valence-electron chi connectivity index (χ2n) is 7.07. The lowest BCUT2D eigenvalue weighted by Crippen LogP contribution is -2.26. The molecule has 0 amide bonds. The fraction of sp³-hybridized carbons (Fsp3) is 0.650. The van der Waals surface area contributed by atoms with Gasteiger partial charge < -0.3 is 5.11 Å². The van der Waals surface area contributed by atoms with Gasteiger partial charge in [-0.05, 0) is 43.9 Å². The monoisotopic (exact) mass is 304 g/mol. The minimum Gasteiger partial charge on any atom is -0.396 e. The van der Waals surface area contributed by atoms with Crippen LogP contribution in [0.3, 0.4) is 0 Å². The first kappa shape index (κ1) is 18.9. The molecular weight excluding hydrogens is 272 g/mol. The van der Waals surface area contributed by atoms with Crippen molar-refractivity contribution in [3.8, 4) is 0 Å². The van der Waals surface area contributed by atoms with Gasteiger partial charge in [-0.3, -0.25) is 4.79 Å². The molecule has 0 bridgehead atoms. The van der Waals surface area contributed by atoms with Crippen LogP contribution >= 0.6 is 0 Å². The van der Waals surface area contributed by atoms with Crippen molar-refractivity contribution in [1.29, 1.82) is 0 Å². The van der Waals surface area contributed by atoms with Gasteiger partial charge in [-0.25, -0.2) is 0 Å². The largest absolute Gasteiger partial charge is 0.396 e. The molecule has 0 saturated carbocycles. The van der Waals surface area contributed by atoms with E-state index in [1.807, 2.05) is 13.0 Å². The van der Waals surface area contributed by atoms with E-state index in [-0.39, 0.29) is 23.7 Å². The Labute approximate surface area is 136 Å². The third-order valence-corrected chi connectivity index (χ3v) is 5.32.